The fourth-order valence-corrected chi connectivity index (χ4v) is 3.59. The second-order valence-corrected chi connectivity index (χ2v) is 7.06. The topological polar surface area (TPSA) is 63.1 Å². The van der Waals surface area contributed by atoms with Gasteiger partial charge in [-0.15, -0.1) is 0 Å². The Kier molecular flexibility index (Phi) is 4.98. The Hall–Kier alpha value is -1.15. The van der Waals surface area contributed by atoms with Gasteiger partial charge in [-0.3, -0.25) is 0 Å². The van der Waals surface area contributed by atoms with E-state index >= 15 is 0 Å². The third-order valence-electron chi connectivity index (χ3n) is 3.00. The summed E-state index contributed by atoms with van der Waals surface area (Å²) in [7, 11) is -1.61. The molecule has 0 aromatic carbocycles. The number of nitrogens with one attached hydrogen (secondary N) is 2. The summed E-state index contributed by atoms with van der Waals surface area (Å²) in [6.07, 6.45) is 1.64. The van der Waals surface area contributed by atoms with Crippen molar-refractivity contribution in [2.75, 3.05) is 6.54 Å². The van der Waals surface area contributed by atoms with Crippen molar-refractivity contribution in [1.82, 2.24) is 14.6 Å². The fraction of sp³-hybridized carbons (Fsp3) is 0.385. The van der Waals surface area contributed by atoms with Gasteiger partial charge in [0.15, 0.2) is 0 Å². The summed E-state index contributed by atoms with van der Waals surface area (Å²) in [5, 5.41) is 7.06. The zero-order valence-electron chi connectivity index (χ0n) is 11.6. The predicted molar refractivity (Wildman–Crippen MR) is 81.1 cm³/mol. The Morgan fingerprint density at radius 2 is 2.15 bits per heavy atom. The molecule has 0 aliphatic heterocycles. The number of hydrogen-bond acceptors (Lipinski definition) is 4. The second-order valence-electron chi connectivity index (χ2n) is 4.51. The molecular formula is C13H19N3O2S2. The van der Waals surface area contributed by atoms with E-state index in [4.69, 9.17) is 0 Å². The minimum Gasteiger partial charge on any atom is -0.352 e. The van der Waals surface area contributed by atoms with Crippen LogP contribution in [0.5, 0.6) is 0 Å². The van der Waals surface area contributed by atoms with Crippen LogP contribution in [0, 0.1) is 0 Å². The first-order chi connectivity index (χ1) is 9.53. The number of aromatic nitrogens is 1. The van der Waals surface area contributed by atoms with E-state index in [1.807, 2.05) is 35.4 Å². The average Bonchev–Trinajstić information content (AvgIpc) is 3.04. The Morgan fingerprint density at radius 1 is 1.35 bits per heavy atom. The van der Waals surface area contributed by atoms with Gasteiger partial charge in [0.25, 0.3) is 0 Å². The molecule has 2 N–H and O–H groups in total. The molecule has 0 unspecified atom stereocenters. The molecule has 7 heteroatoms. The van der Waals surface area contributed by atoms with Crippen LogP contribution in [-0.4, -0.2) is 19.5 Å². The van der Waals surface area contributed by atoms with Crippen molar-refractivity contribution in [3.05, 3.63) is 40.3 Å². The third kappa shape index (κ3) is 3.69. The summed E-state index contributed by atoms with van der Waals surface area (Å²) in [6.45, 7) is 3.85. The maximum Gasteiger partial charge on any atom is 0.242 e. The van der Waals surface area contributed by atoms with Crippen LogP contribution >= 0.6 is 11.3 Å². The number of nitrogens with zero attached hydrogens (tertiary/aromatic N) is 1. The minimum absolute atomic E-state index is 0.308. The maximum absolute atomic E-state index is 12.2. The first-order valence-electron chi connectivity index (χ1n) is 6.39. The van der Waals surface area contributed by atoms with Crippen LogP contribution in [0.25, 0.3) is 0 Å². The van der Waals surface area contributed by atoms with Crippen LogP contribution in [-0.2, 0) is 30.2 Å². The molecule has 0 saturated carbocycles. The van der Waals surface area contributed by atoms with Crippen molar-refractivity contribution in [1.29, 1.82) is 0 Å². The van der Waals surface area contributed by atoms with Gasteiger partial charge < -0.3 is 9.88 Å². The quantitative estimate of drug-likeness (QED) is 0.817. The number of hydrogen-bond donors (Lipinski definition) is 2. The highest BCUT2D eigenvalue weighted by atomic mass is 32.2. The van der Waals surface area contributed by atoms with Gasteiger partial charge >= 0.3 is 0 Å². The van der Waals surface area contributed by atoms with Crippen LogP contribution in [0.1, 0.15) is 18.2 Å². The summed E-state index contributed by atoms with van der Waals surface area (Å²) in [6, 6.07) is 3.62. The lowest BCUT2D eigenvalue weighted by atomic mass is 10.4. The maximum atomic E-state index is 12.2. The summed E-state index contributed by atoms with van der Waals surface area (Å²) >= 11 is 1.55. The molecule has 0 aliphatic carbocycles. The molecule has 2 aromatic rings. The van der Waals surface area contributed by atoms with Crippen LogP contribution in [0.3, 0.4) is 0 Å². The van der Waals surface area contributed by atoms with E-state index in [9.17, 15) is 8.42 Å². The molecule has 0 saturated heterocycles. The standard InChI is InChI=1S/C13H19N3O2S2/c1-3-14-8-12-6-13(9-16(12)2)20(17,18)15-7-11-4-5-19-10-11/h4-6,9-10,14-15H,3,7-8H2,1-2H3. The zero-order valence-corrected chi connectivity index (χ0v) is 13.2. The number of thiophene rings is 1. The van der Waals surface area contributed by atoms with Crippen LogP contribution in [0.2, 0.25) is 0 Å². The highest BCUT2D eigenvalue weighted by Gasteiger charge is 2.17. The van der Waals surface area contributed by atoms with Gasteiger partial charge in [0.1, 0.15) is 0 Å². The van der Waals surface area contributed by atoms with Gasteiger partial charge in [-0.2, -0.15) is 11.3 Å². The lowest BCUT2D eigenvalue weighted by Gasteiger charge is -2.03. The average molecular weight is 313 g/mol. The monoisotopic (exact) mass is 313 g/mol. The molecule has 0 aliphatic rings. The van der Waals surface area contributed by atoms with Crippen molar-refractivity contribution in [3.8, 4) is 0 Å². The van der Waals surface area contributed by atoms with Crippen LogP contribution in [0.15, 0.2) is 34.0 Å². The molecule has 2 heterocycles. The fourth-order valence-electron chi connectivity index (χ4n) is 1.81. The normalized spacial score (nSPS) is 11.9. The van der Waals surface area contributed by atoms with E-state index in [-0.39, 0.29) is 0 Å². The largest absolute Gasteiger partial charge is 0.352 e. The van der Waals surface area contributed by atoms with E-state index in [0.717, 1.165) is 17.8 Å². The Balaban J connectivity index is 2.09. The molecule has 0 spiro atoms. The first kappa shape index (κ1) is 15.2. The lowest BCUT2D eigenvalue weighted by Crippen LogP contribution is -2.22. The van der Waals surface area contributed by atoms with Crippen LogP contribution < -0.4 is 10.0 Å². The highest BCUT2D eigenvalue weighted by molar-refractivity contribution is 7.89. The smallest absolute Gasteiger partial charge is 0.242 e. The van der Waals surface area contributed by atoms with Gasteiger partial charge in [0.2, 0.25) is 10.0 Å². The Labute approximate surface area is 123 Å². The summed E-state index contributed by atoms with van der Waals surface area (Å²) in [4.78, 5) is 0.308. The van der Waals surface area contributed by atoms with Gasteiger partial charge in [-0.25, -0.2) is 13.1 Å². The van der Waals surface area contributed by atoms with E-state index in [2.05, 4.69) is 10.0 Å². The molecule has 2 rings (SSSR count). The van der Waals surface area contributed by atoms with E-state index in [0.29, 0.717) is 18.0 Å². The summed E-state index contributed by atoms with van der Waals surface area (Å²) in [5.41, 5.74) is 1.92. The van der Waals surface area contributed by atoms with Crippen LogP contribution in [0.4, 0.5) is 0 Å². The van der Waals surface area contributed by atoms with E-state index in [1.54, 1.807) is 23.6 Å². The van der Waals surface area contributed by atoms with Crippen molar-refractivity contribution >= 4 is 21.4 Å². The summed E-state index contributed by atoms with van der Waals surface area (Å²) < 4.78 is 28.9. The Bertz CT molecular complexity index is 645. The van der Waals surface area contributed by atoms with E-state index in [1.165, 1.54) is 0 Å². The highest BCUT2D eigenvalue weighted by Crippen LogP contribution is 2.14. The molecule has 2 aromatic heterocycles. The molecule has 0 fully saturated rings. The first-order valence-corrected chi connectivity index (χ1v) is 8.82. The predicted octanol–water partition coefficient (Wildman–Crippen LogP) is 1.67. The van der Waals surface area contributed by atoms with Gasteiger partial charge in [0.05, 0.1) is 4.90 Å². The van der Waals surface area contributed by atoms with E-state index < -0.39 is 10.0 Å². The molecule has 0 amide bonds. The molecular weight excluding hydrogens is 294 g/mol. The molecule has 0 radical (unpaired) electrons. The molecule has 0 atom stereocenters. The minimum atomic E-state index is -3.46. The van der Waals surface area contributed by atoms with Gasteiger partial charge in [-0.05, 0) is 35.0 Å². The summed E-state index contributed by atoms with van der Waals surface area (Å²) in [5.74, 6) is 0. The number of sulfonamides is 1. The number of aryl methyl sites for hydroxylation is 1. The van der Waals surface area contributed by atoms with Crippen molar-refractivity contribution in [2.24, 2.45) is 7.05 Å². The molecule has 20 heavy (non-hydrogen) atoms. The second kappa shape index (κ2) is 6.53. The SMILES string of the molecule is CCNCc1cc(S(=O)(=O)NCc2ccsc2)cn1C. The van der Waals surface area contributed by atoms with Gasteiger partial charge in [-0.1, -0.05) is 6.92 Å². The van der Waals surface area contributed by atoms with Crippen molar-refractivity contribution < 1.29 is 8.42 Å². The molecule has 110 valence electrons. The molecule has 5 nitrogen and oxygen atoms in total. The van der Waals surface area contributed by atoms with Crippen molar-refractivity contribution in [2.45, 2.75) is 24.9 Å². The Morgan fingerprint density at radius 3 is 2.80 bits per heavy atom. The third-order valence-corrected chi connectivity index (χ3v) is 5.10. The van der Waals surface area contributed by atoms with Crippen molar-refractivity contribution in [3.63, 3.8) is 0 Å². The zero-order chi connectivity index (χ0) is 14.6. The molecule has 0 bridgehead atoms. The number of rotatable bonds is 7. The van der Waals surface area contributed by atoms with Gasteiger partial charge in [0, 0.05) is 32.0 Å². The lowest BCUT2D eigenvalue weighted by molar-refractivity contribution is 0.581.